The van der Waals surface area contributed by atoms with Gasteiger partial charge in [0.15, 0.2) is 5.75 Å². The molecule has 0 bridgehead atoms. The van der Waals surface area contributed by atoms with Crippen molar-refractivity contribution in [3.05, 3.63) is 47.8 Å². The number of ether oxygens (including phenoxy) is 1. The van der Waals surface area contributed by atoms with E-state index in [-0.39, 0.29) is 5.91 Å². The van der Waals surface area contributed by atoms with Crippen LogP contribution >= 0.6 is 0 Å². The lowest BCUT2D eigenvalue weighted by atomic mass is 10.1. The van der Waals surface area contributed by atoms with E-state index in [1.165, 1.54) is 0 Å². The summed E-state index contributed by atoms with van der Waals surface area (Å²) in [7, 11) is 0. The van der Waals surface area contributed by atoms with E-state index in [2.05, 4.69) is 15.6 Å². The Morgan fingerprint density at radius 1 is 1.40 bits per heavy atom. The molecule has 102 valence electrons. The second kappa shape index (κ2) is 5.21. The molecule has 0 atom stereocenters. The lowest BCUT2D eigenvalue weighted by molar-refractivity contribution is 0.102. The SMILES string of the molecule is Cc1cc(NC(=O)c2cccc3c2OCCN3)ccn1. The van der Waals surface area contributed by atoms with Crippen molar-refractivity contribution in [2.45, 2.75) is 6.92 Å². The molecular weight excluding hydrogens is 254 g/mol. The molecule has 5 nitrogen and oxygen atoms in total. The molecule has 0 radical (unpaired) electrons. The van der Waals surface area contributed by atoms with E-state index in [9.17, 15) is 4.79 Å². The number of carbonyl (C=O) groups is 1. The summed E-state index contributed by atoms with van der Waals surface area (Å²) in [6.45, 7) is 3.19. The normalized spacial score (nSPS) is 12.8. The molecule has 20 heavy (non-hydrogen) atoms. The minimum Gasteiger partial charge on any atom is -0.489 e. The molecule has 1 aliphatic heterocycles. The summed E-state index contributed by atoms with van der Waals surface area (Å²) in [6, 6.07) is 9.09. The third-order valence-corrected chi connectivity index (χ3v) is 3.08. The van der Waals surface area contributed by atoms with Crippen molar-refractivity contribution in [1.82, 2.24) is 4.98 Å². The van der Waals surface area contributed by atoms with Crippen LogP contribution in [0.2, 0.25) is 0 Å². The van der Waals surface area contributed by atoms with Crippen LogP contribution in [-0.4, -0.2) is 24.0 Å². The summed E-state index contributed by atoms with van der Waals surface area (Å²) in [5.74, 6) is 0.429. The van der Waals surface area contributed by atoms with Gasteiger partial charge in [-0.25, -0.2) is 0 Å². The van der Waals surface area contributed by atoms with Gasteiger partial charge < -0.3 is 15.4 Å². The maximum atomic E-state index is 12.4. The van der Waals surface area contributed by atoms with E-state index in [1.807, 2.05) is 25.1 Å². The predicted molar refractivity (Wildman–Crippen MR) is 77.4 cm³/mol. The Labute approximate surface area is 117 Å². The first-order valence-corrected chi connectivity index (χ1v) is 6.48. The summed E-state index contributed by atoms with van der Waals surface area (Å²) in [4.78, 5) is 16.5. The molecule has 0 unspecified atom stereocenters. The van der Waals surface area contributed by atoms with Crippen molar-refractivity contribution in [3.8, 4) is 5.75 Å². The smallest absolute Gasteiger partial charge is 0.259 e. The summed E-state index contributed by atoms with van der Waals surface area (Å²) in [5, 5.41) is 6.08. The molecule has 0 fully saturated rings. The van der Waals surface area contributed by atoms with Gasteiger partial charge in [-0.05, 0) is 31.2 Å². The number of aromatic nitrogens is 1. The number of anilines is 2. The van der Waals surface area contributed by atoms with Gasteiger partial charge in [0.2, 0.25) is 0 Å². The number of benzene rings is 1. The topological polar surface area (TPSA) is 63.2 Å². The minimum absolute atomic E-state index is 0.184. The monoisotopic (exact) mass is 269 g/mol. The molecule has 1 amide bonds. The standard InChI is InChI=1S/C15H15N3O2/c1-10-9-11(5-6-16-10)18-15(19)12-3-2-4-13-14(12)20-8-7-17-13/h2-6,9,17H,7-8H2,1H3,(H,16,18,19). The number of hydrogen-bond acceptors (Lipinski definition) is 4. The van der Waals surface area contributed by atoms with Crippen LogP contribution in [0.15, 0.2) is 36.5 Å². The Hall–Kier alpha value is -2.56. The van der Waals surface area contributed by atoms with Crippen LogP contribution < -0.4 is 15.4 Å². The zero-order valence-corrected chi connectivity index (χ0v) is 11.1. The van der Waals surface area contributed by atoms with Gasteiger partial charge in [-0.3, -0.25) is 9.78 Å². The highest BCUT2D eigenvalue weighted by molar-refractivity contribution is 6.07. The van der Waals surface area contributed by atoms with Crippen molar-refractivity contribution >= 4 is 17.3 Å². The van der Waals surface area contributed by atoms with Crippen LogP contribution in [0.4, 0.5) is 11.4 Å². The average Bonchev–Trinajstić information content (AvgIpc) is 2.46. The third-order valence-electron chi connectivity index (χ3n) is 3.08. The van der Waals surface area contributed by atoms with Gasteiger partial charge in [0.25, 0.3) is 5.91 Å². The molecule has 0 saturated carbocycles. The molecule has 3 rings (SSSR count). The molecule has 2 heterocycles. The Morgan fingerprint density at radius 3 is 3.15 bits per heavy atom. The fourth-order valence-corrected chi connectivity index (χ4v) is 2.17. The number of fused-ring (bicyclic) bond motifs is 1. The molecule has 0 aliphatic carbocycles. The van der Waals surface area contributed by atoms with E-state index in [1.54, 1.807) is 18.3 Å². The number of hydrogen-bond donors (Lipinski definition) is 2. The number of rotatable bonds is 2. The molecule has 1 aliphatic rings. The fraction of sp³-hybridized carbons (Fsp3) is 0.200. The molecule has 5 heteroatoms. The summed E-state index contributed by atoms with van der Waals surface area (Å²) < 4.78 is 5.60. The summed E-state index contributed by atoms with van der Waals surface area (Å²) in [5.41, 5.74) is 2.97. The fourth-order valence-electron chi connectivity index (χ4n) is 2.17. The number of aryl methyl sites for hydroxylation is 1. The van der Waals surface area contributed by atoms with Crippen LogP contribution in [-0.2, 0) is 0 Å². The first-order chi connectivity index (χ1) is 9.74. The van der Waals surface area contributed by atoms with Gasteiger partial charge in [0.05, 0.1) is 11.3 Å². The lowest BCUT2D eigenvalue weighted by Gasteiger charge is -2.21. The molecule has 1 aromatic carbocycles. The number of nitrogens with zero attached hydrogens (tertiary/aromatic N) is 1. The second-order valence-electron chi connectivity index (χ2n) is 4.60. The van der Waals surface area contributed by atoms with Gasteiger partial charge in [-0.2, -0.15) is 0 Å². The summed E-state index contributed by atoms with van der Waals surface area (Å²) >= 11 is 0. The number of carbonyl (C=O) groups excluding carboxylic acids is 1. The van der Waals surface area contributed by atoms with Gasteiger partial charge in [-0.1, -0.05) is 6.07 Å². The quantitative estimate of drug-likeness (QED) is 0.879. The zero-order chi connectivity index (χ0) is 13.9. The summed E-state index contributed by atoms with van der Waals surface area (Å²) in [6.07, 6.45) is 1.67. The van der Waals surface area contributed by atoms with E-state index in [4.69, 9.17) is 4.74 Å². The van der Waals surface area contributed by atoms with E-state index in [0.29, 0.717) is 17.9 Å². The van der Waals surface area contributed by atoms with Gasteiger partial charge in [-0.15, -0.1) is 0 Å². The Balaban J connectivity index is 1.88. The maximum Gasteiger partial charge on any atom is 0.259 e. The molecule has 0 spiro atoms. The Bertz CT molecular complexity index is 655. The van der Waals surface area contributed by atoms with Crippen molar-refractivity contribution in [2.24, 2.45) is 0 Å². The van der Waals surface area contributed by atoms with E-state index < -0.39 is 0 Å². The van der Waals surface area contributed by atoms with Gasteiger partial charge >= 0.3 is 0 Å². The highest BCUT2D eigenvalue weighted by atomic mass is 16.5. The number of para-hydroxylation sites is 1. The Kier molecular flexibility index (Phi) is 3.25. The van der Waals surface area contributed by atoms with E-state index in [0.717, 1.165) is 23.6 Å². The highest BCUT2D eigenvalue weighted by Gasteiger charge is 2.18. The number of pyridine rings is 1. The maximum absolute atomic E-state index is 12.4. The van der Waals surface area contributed by atoms with Crippen molar-refractivity contribution in [2.75, 3.05) is 23.8 Å². The molecule has 1 aromatic heterocycles. The van der Waals surface area contributed by atoms with Crippen LogP contribution in [0.1, 0.15) is 16.1 Å². The third kappa shape index (κ3) is 2.42. The lowest BCUT2D eigenvalue weighted by Crippen LogP contribution is -2.21. The number of nitrogens with one attached hydrogen (secondary N) is 2. The molecule has 0 saturated heterocycles. The molecular formula is C15H15N3O2. The van der Waals surface area contributed by atoms with E-state index >= 15 is 0 Å². The average molecular weight is 269 g/mol. The molecule has 2 aromatic rings. The van der Waals surface area contributed by atoms with Crippen molar-refractivity contribution in [1.29, 1.82) is 0 Å². The second-order valence-corrected chi connectivity index (χ2v) is 4.60. The largest absolute Gasteiger partial charge is 0.489 e. The predicted octanol–water partition coefficient (Wildman–Crippen LogP) is 2.45. The number of amides is 1. The van der Waals surface area contributed by atoms with Crippen molar-refractivity contribution in [3.63, 3.8) is 0 Å². The minimum atomic E-state index is -0.184. The zero-order valence-electron chi connectivity index (χ0n) is 11.1. The van der Waals surface area contributed by atoms with Crippen LogP contribution in [0.25, 0.3) is 0 Å². The molecule has 2 N–H and O–H groups in total. The first kappa shape index (κ1) is 12.5. The Morgan fingerprint density at radius 2 is 2.30 bits per heavy atom. The van der Waals surface area contributed by atoms with Gasteiger partial charge in [0.1, 0.15) is 6.61 Å². The van der Waals surface area contributed by atoms with Crippen LogP contribution in [0.3, 0.4) is 0 Å². The van der Waals surface area contributed by atoms with Gasteiger partial charge in [0, 0.05) is 24.1 Å². The van der Waals surface area contributed by atoms with Crippen molar-refractivity contribution < 1.29 is 9.53 Å². The highest BCUT2D eigenvalue weighted by Crippen LogP contribution is 2.31. The first-order valence-electron chi connectivity index (χ1n) is 6.48. The van der Waals surface area contributed by atoms with Crippen LogP contribution in [0.5, 0.6) is 5.75 Å². The van der Waals surface area contributed by atoms with Crippen LogP contribution in [0, 0.1) is 6.92 Å².